The number of hydrogen-bond donors (Lipinski definition) is 3. The summed E-state index contributed by atoms with van der Waals surface area (Å²) in [4.78, 5) is 53.4. The monoisotopic (exact) mass is 546 g/mol. The molecule has 39 heavy (non-hydrogen) atoms. The Morgan fingerprint density at radius 3 is 2.13 bits per heavy atom. The molecule has 4 amide bonds. The van der Waals surface area contributed by atoms with Crippen LogP contribution in [0.4, 0.5) is 4.79 Å². The van der Waals surface area contributed by atoms with Gasteiger partial charge in [0.05, 0.1) is 0 Å². The highest BCUT2D eigenvalue weighted by Crippen LogP contribution is 2.24. The Balaban J connectivity index is 3.35. The lowest BCUT2D eigenvalue weighted by atomic mass is 10.0. The highest BCUT2D eigenvalue weighted by molar-refractivity contribution is 5.92. The molecular weight excluding hydrogens is 496 g/mol. The van der Waals surface area contributed by atoms with Crippen LogP contribution in [0.5, 0.6) is 0 Å². The zero-order chi connectivity index (χ0) is 29.3. The minimum atomic E-state index is -1.08. The summed E-state index contributed by atoms with van der Waals surface area (Å²) in [5.41, 5.74) is 5.29. The van der Waals surface area contributed by atoms with E-state index in [9.17, 15) is 19.2 Å². The number of unbranched alkanes of at least 4 members (excludes halogenated alkanes) is 6. The van der Waals surface area contributed by atoms with Crippen LogP contribution in [0.25, 0.3) is 0 Å². The first kappa shape index (κ1) is 33.9. The molecule has 0 fully saturated rings. The van der Waals surface area contributed by atoms with Gasteiger partial charge in [-0.1, -0.05) is 82.7 Å². The standard InChI is InChI=1S/C30H50N4O5/c1-6-8-10-11-12-16-22-34(26(23-17-14-13-15-18-23)27(36)32-21-9-7-2)28(37)24(19-20-25(31)35)33-29(38)39-30(3,4)5/h13-15,17-18,24,26H,6-12,16,19-22H2,1-5H3,(H2,31,35)(H,32,36)(H,33,38). The lowest BCUT2D eigenvalue weighted by molar-refractivity contribution is -0.142. The van der Waals surface area contributed by atoms with Crippen molar-refractivity contribution in [3.8, 4) is 0 Å². The Labute approximate surface area is 234 Å². The van der Waals surface area contributed by atoms with E-state index in [-0.39, 0.29) is 18.7 Å². The van der Waals surface area contributed by atoms with Gasteiger partial charge in [-0.3, -0.25) is 14.4 Å². The topological polar surface area (TPSA) is 131 Å². The minimum absolute atomic E-state index is 0.000622. The van der Waals surface area contributed by atoms with Gasteiger partial charge >= 0.3 is 6.09 Å². The van der Waals surface area contributed by atoms with Crippen LogP contribution in [0.3, 0.4) is 0 Å². The maximum Gasteiger partial charge on any atom is 0.408 e. The number of nitrogens with two attached hydrogens (primary N) is 1. The second kappa shape index (κ2) is 18.2. The van der Waals surface area contributed by atoms with E-state index < -0.39 is 35.6 Å². The molecule has 0 aliphatic heterocycles. The van der Waals surface area contributed by atoms with E-state index in [2.05, 4.69) is 17.6 Å². The number of amides is 4. The van der Waals surface area contributed by atoms with Gasteiger partial charge in [-0.2, -0.15) is 0 Å². The number of carbonyl (C=O) groups excluding carboxylic acids is 4. The lowest BCUT2D eigenvalue weighted by Crippen LogP contribution is -2.53. The van der Waals surface area contributed by atoms with Crippen molar-refractivity contribution in [2.75, 3.05) is 13.1 Å². The molecule has 4 N–H and O–H groups in total. The fourth-order valence-electron chi connectivity index (χ4n) is 4.22. The Kier molecular flexibility index (Phi) is 15.9. The third-order valence-corrected chi connectivity index (χ3v) is 6.21. The summed E-state index contributed by atoms with van der Waals surface area (Å²) in [5, 5.41) is 5.61. The fourth-order valence-corrected chi connectivity index (χ4v) is 4.22. The zero-order valence-corrected chi connectivity index (χ0v) is 24.6. The molecule has 1 aromatic rings. The Hall–Kier alpha value is -3.10. The van der Waals surface area contributed by atoms with Crippen LogP contribution in [0.15, 0.2) is 30.3 Å². The second-order valence-corrected chi connectivity index (χ2v) is 11.0. The molecule has 2 atom stereocenters. The molecule has 0 radical (unpaired) electrons. The van der Waals surface area contributed by atoms with E-state index in [0.717, 1.165) is 44.9 Å². The molecule has 220 valence electrons. The average molecular weight is 547 g/mol. The van der Waals surface area contributed by atoms with Gasteiger partial charge < -0.3 is 26.0 Å². The van der Waals surface area contributed by atoms with Crippen LogP contribution in [-0.2, 0) is 19.1 Å². The third-order valence-electron chi connectivity index (χ3n) is 6.21. The molecule has 0 bridgehead atoms. The predicted molar refractivity (Wildman–Crippen MR) is 154 cm³/mol. The summed E-state index contributed by atoms with van der Waals surface area (Å²) in [6.07, 6.45) is 6.93. The number of alkyl carbamates (subject to hydrolysis) is 1. The van der Waals surface area contributed by atoms with Gasteiger partial charge in [-0.05, 0) is 45.6 Å². The van der Waals surface area contributed by atoms with Gasteiger partial charge in [-0.15, -0.1) is 0 Å². The van der Waals surface area contributed by atoms with Crippen LogP contribution in [-0.4, -0.2) is 53.4 Å². The number of ether oxygens (including phenoxy) is 1. The quantitative estimate of drug-likeness (QED) is 0.223. The smallest absolute Gasteiger partial charge is 0.408 e. The van der Waals surface area contributed by atoms with E-state index in [1.807, 2.05) is 37.3 Å². The molecule has 0 heterocycles. The van der Waals surface area contributed by atoms with Gasteiger partial charge in [0.15, 0.2) is 0 Å². The molecule has 9 nitrogen and oxygen atoms in total. The number of carbonyl (C=O) groups is 4. The minimum Gasteiger partial charge on any atom is -0.444 e. The molecule has 2 unspecified atom stereocenters. The van der Waals surface area contributed by atoms with Crippen molar-refractivity contribution in [2.45, 2.75) is 117 Å². The first-order valence-electron chi connectivity index (χ1n) is 14.4. The molecular formula is C30H50N4O5. The summed E-state index contributed by atoms with van der Waals surface area (Å²) in [7, 11) is 0. The van der Waals surface area contributed by atoms with Crippen molar-refractivity contribution in [2.24, 2.45) is 5.73 Å². The van der Waals surface area contributed by atoms with E-state index in [4.69, 9.17) is 10.5 Å². The van der Waals surface area contributed by atoms with Crippen LogP contribution >= 0.6 is 0 Å². The van der Waals surface area contributed by atoms with Gasteiger partial charge in [-0.25, -0.2) is 4.79 Å². The van der Waals surface area contributed by atoms with E-state index >= 15 is 0 Å². The average Bonchev–Trinajstić information content (AvgIpc) is 2.87. The number of primary amides is 1. The number of rotatable bonds is 18. The fraction of sp³-hybridized carbons (Fsp3) is 0.667. The first-order chi connectivity index (χ1) is 18.5. The molecule has 1 rings (SSSR count). The molecule has 0 aromatic heterocycles. The van der Waals surface area contributed by atoms with Crippen LogP contribution in [0.1, 0.15) is 110 Å². The SMILES string of the molecule is CCCCCCCCN(C(=O)C(CCC(N)=O)NC(=O)OC(C)(C)C)C(C(=O)NCCCC)c1ccccc1. The number of nitrogens with zero attached hydrogens (tertiary/aromatic N) is 1. The Bertz CT molecular complexity index is 885. The highest BCUT2D eigenvalue weighted by atomic mass is 16.6. The maximum absolute atomic E-state index is 14.1. The molecule has 9 heteroatoms. The van der Waals surface area contributed by atoms with Crippen LogP contribution in [0.2, 0.25) is 0 Å². The van der Waals surface area contributed by atoms with Gasteiger partial charge in [0.1, 0.15) is 17.7 Å². The summed E-state index contributed by atoms with van der Waals surface area (Å²) >= 11 is 0. The second-order valence-electron chi connectivity index (χ2n) is 11.0. The van der Waals surface area contributed by atoms with Crippen molar-refractivity contribution >= 4 is 23.8 Å². The Morgan fingerprint density at radius 2 is 1.54 bits per heavy atom. The first-order valence-corrected chi connectivity index (χ1v) is 14.4. The molecule has 0 aliphatic rings. The molecule has 0 aliphatic carbocycles. The summed E-state index contributed by atoms with van der Waals surface area (Å²) in [5.74, 6) is -1.31. The normalized spacial score (nSPS) is 12.7. The highest BCUT2D eigenvalue weighted by Gasteiger charge is 2.36. The number of benzene rings is 1. The van der Waals surface area contributed by atoms with Crippen molar-refractivity contribution in [3.63, 3.8) is 0 Å². The predicted octanol–water partition coefficient (Wildman–Crippen LogP) is 4.99. The van der Waals surface area contributed by atoms with E-state index in [0.29, 0.717) is 25.1 Å². The molecule has 0 saturated carbocycles. The Morgan fingerprint density at radius 1 is 0.923 bits per heavy atom. The lowest BCUT2D eigenvalue weighted by Gasteiger charge is -2.34. The van der Waals surface area contributed by atoms with Crippen molar-refractivity contribution in [1.29, 1.82) is 0 Å². The van der Waals surface area contributed by atoms with E-state index in [1.165, 1.54) is 0 Å². The molecule has 1 aromatic carbocycles. The van der Waals surface area contributed by atoms with E-state index in [1.54, 1.807) is 25.7 Å². The number of hydrogen-bond acceptors (Lipinski definition) is 5. The number of nitrogens with one attached hydrogen (secondary N) is 2. The van der Waals surface area contributed by atoms with Crippen LogP contribution < -0.4 is 16.4 Å². The van der Waals surface area contributed by atoms with Gasteiger partial charge in [0.25, 0.3) is 0 Å². The van der Waals surface area contributed by atoms with Crippen LogP contribution in [0, 0.1) is 0 Å². The summed E-state index contributed by atoms with van der Waals surface area (Å²) in [6, 6.07) is 7.20. The molecule has 0 saturated heterocycles. The third kappa shape index (κ3) is 14.0. The van der Waals surface area contributed by atoms with Crippen molar-refractivity contribution in [1.82, 2.24) is 15.5 Å². The van der Waals surface area contributed by atoms with Gasteiger partial charge in [0.2, 0.25) is 17.7 Å². The largest absolute Gasteiger partial charge is 0.444 e. The molecule has 0 spiro atoms. The summed E-state index contributed by atoms with van der Waals surface area (Å²) in [6.45, 7) is 10.2. The zero-order valence-electron chi connectivity index (χ0n) is 24.6. The maximum atomic E-state index is 14.1. The van der Waals surface area contributed by atoms with Crippen molar-refractivity contribution in [3.05, 3.63) is 35.9 Å². The van der Waals surface area contributed by atoms with Gasteiger partial charge in [0, 0.05) is 19.5 Å². The van der Waals surface area contributed by atoms with Crippen molar-refractivity contribution < 1.29 is 23.9 Å². The summed E-state index contributed by atoms with van der Waals surface area (Å²) < 4.78 is 5.38.